The second-order valence-corrected chi connectivity index (χ2v) is 7.87. The number of hydrogen-bond acceptors (Lipinski definition) is 4. The highest BCUT2D eigenvalue weighted by Crippen LogP contribution is 2.32. The van der Waals surface area contributed by atoms with Crippen LogP contribution in [0.25, 0.3) is 22.3 Å². The predicted octanol–water partition coefficient (Wildman–Crippen LogP) is 6.60. The minimum atomic E-state index is -0.655. The number of hydrogen-bond donors (Lipinski definition) is 1. The molecule has 1 N–H and O–H groups in total. The number of nitrogens with zero attached hydrogens (tertiary/aromatic N) is 1. The van der Waals surface area contributed by atoms with E-state index in [0.717, 1.165) is 22.3 Å². The smallest absolute Gasteiger partial charge is 0.345 e. The monoisotopic (exact) mass is 470 g/mol. The fourth-order valence-corrected chi connectivity index (χ4v) is 3.71. The number of halogens is 1. The Morgan fingerprint density at radius 1 is 0.912 bits per heavy atom. The maximum Gasteiger partial charge on any atom is 0.345 e. The first-order chi connectivity index (χ1) is 16.5. The number of esters is 1. The van der Waals surface area contributed by atoms with E-state index in [9.17, 15) is 9.90 Å². The van der Waals surface area contributed by atoms with E-state index in [-0.39, 0.29) is 23.6 Å². The lowest BCUT2D eigenvalue weighted by atomic mass is 9.98. The van der Waals surface area contributed by atoms with Gasteiger partial charge >= 0.3 is 5.97 Å². The number of ether oxygens (including phenoxy) is 1. The number of aromatic hydroxyl groups is 1. The summed E-state index contributed by atoms with van der Waals surface area (Å²) in [5, 5.41) is 11.9. The minimum absolute atomic E-state index is 0.0116. The number of carbonyl (C=O) groups excluding carboxylic acids is 1. The van der Waals surface area contributed by atoms with Crippen molar-refractivity contribution in [2.45, 2.75) is 6.61 Å². The highest BCUT2D eigenvalue weighted by atomic mass is 32.1. The van der Waals surface area contributed by atoms with Crippen LogP contribution in [0, 0.1) is 5.82 Å². The van der Waals surface area contributed by atoms with Gasteiger partial charge in [0.2, 0.25) is 0 Å². The Bertz CT molecular complexity index is 1380. The summed E-state index contributed by atoms with van der Waals surface area (Å²) >= 11 is 4.84. The second-order valence-electron chi connectivity index (χ2n) is 7.69. The van der Waals surface area contributed by atoms with Gasteiger partial charge < -0.3 is 9.84 Å². The van der Waals surface area contributed by atoms with Crippen LogP contribution in [0.5, 0.6) is 5.75 Å². The van der Waals surface area contributed by atoms with Gasteiger partial charge in [0.05, 0.1) is 0 Å². The van der Waals surface area contributed by atoms with Gasteiger partial charge in [-0.1, -0.05) is 66.7 Å². The van der Waals surface area contributed by atoms with Crippen LogP contribution in [0.4, 0.5) is 10.1 Å². The molecule has 0 aromatic heterocycles. The Balaban J connectivity index is 1.68. The van der Waals surface area contributed by atoms with Crippen molar-refractivity contribution >= 4 is 29.0 Å². The van der Waals surface area contributed by atoms with Gasteiger partial charge in [-0.05, 0) is 52.1 Å². The maximum absolute atomic E-state index is 15.2. The second kappa shape index (κ2) is 10.2. The molecule has 4 aromatic carbocycles. The van der Waals surface area contributed by atoms with Crippen LogP contribution in [-0.2, 0) is 11.3 Å². The van der Waals surface area contributed by atoms with E-state index in [1.807, 2.05) is 66.7 Å². The SMILES string of the molecule is C[N+](=C=S)c1c(F)cc(-c2ccc(-c3ccc(O)cc3)cc2)cc1C(=O)OCc1ccccc1. The van der Waals surface area contributed by atoms with Crippen molar-refractivity contribution in [1.29, 1.82) is 0 Å². The van der Waals surface area contributed by atoms with Crippen LogP contribution in [0.1, 0.15) is 15.9 Å². The van der Waals surface area contributed by atoms with Crippen LogP contribution in [-0.4, -0.2) is 27.9 Å². The summed E-state index contributed by atoms with van der Waals surface area (Å²) in [4.78, 5) is 13.0. The normalized spacial score (nSPS) is 10.4. The summed E-state index contributed by atoms with van der Waals surface area (Å²) in [6.07, 6.45) is 0. The average Bonchev–Trinajstić information content (AvgIpc) is 2.87. The molecule has 0 aliphatic carbocycles. The molecule has 6 heteroatoms. The number of phenolic OH excluding ortho intramolecular Hbond substituents is 1. The Hall–Kier alpha value is -4.12. The van der Waals surface area contributed by atoms with Gasteiger partial charge in [-0.15, -0.1) is 4.58 Å². The summed E-state index contributed by atoms with van der Waals surface area (Å²) in [5.41, 5.74) is 4.05. The largest absolute Gasteiger partial charge is 0.508 e. The van der Waals surface area contributed by atoms with E-state index in [1.54, 1.807) is 18.2 Å². The molecule has 4 rings (SSSR count). The zero-order chi connectivity index (χ0) is 24.1. The van der Waals surface area contributed by atoms with Crippen molar-refractivity contribution < 1.29 is 23.6 Å². The van der Waals surface area contributed by atoms with Crippen molar-refractivity contribution in [3.05, 3.63) is 108 Å². The first kappa shape index (κ1) is 23.1. The van der Waals surface area contributed by atoms with Crippen LogP contribution in [0.15, 0.2) is 91.0 Å². The van der Waals surface area contributed by atoms with Crippen molar-refractivity contribution in [2.75, 3.05) is 7.05 Å². The lowest BCUT2D eigenvalue weighted by Gasteiger charge is -2.10. The summed E-state index contributed by atoms with van der Waals surface area (Å²) in [5.74, 6) is -1.06. The van der Waals surface area contributed by atoms with E-state index in [0.29, 0.717) is 5.56 Å². The molecule has 4 nitrogen and oxygen atoms in total. The average molecular weight is 471 g/mol. The maximum atomic E-state index is 15.2. The molecule has 0 bridgehead atoms. The molecule has 0 saturated carbocycles. The minimum Gasteiger partial charge on any atom is -0.508 e. The summed E-state index contributed by atoms with van der Waals surface area (Å²) in [6.45, 7) is 0.0668. The third-order valence-corrected chi connectivity index (χ3v) is 5.66. The highest BCUT2D eigenvalue weighted by Gasteiger charge is 2.26. The van der Waals surface area contributed by atoms with Crippen molar-refractivity contribution in [3.8, 4) is 28.0 Å². The molecule has 0 radical (unpaired) electrons. The Morgan fingerprint density at radius 2 is 1.47 bits per heavy atom. The molecule has 0 unspecified atom stereocenters. The quantitative estimate of drug-likeness (QED) is 0.149. The van der Waals surface area contributed by atoms with E-state index >= 15 is 4.39 Å². The van der Waals surface area contributed by atoms with E-state index < -0.39 is 11.8 Å². The number of rotatable bonds is 6. The van der Waals surface area contributed by atoms with Gasteiger partial charge in [0.15, 0.2) is 5.82 Å². The number of carbonyl (C=O) groups is 1. The predicted molar refractivity (Wildman–Crippen MR) is 133 cm³/mol. The molecule has 0 atom stereocenters. The zero-order valence-electron chi connectivity index (χ0n) is 18.4. The molecule has 4 aromatic rings. The first-order valence-corrected chi connectivity index (χ1v) is 10.9. The molecule has 34 heavy (non-hydrogen) atoms. The highest BCUT2D eigenvalue weighted by molar-refractivity contribution is 7.78. The number of isothiocyanates is 1. The summed E-state index contributed by atoms with van der Waals surface area (Å²) in [7, 11) is 1.53. The molecule has 168 valence electrons. The van der Waals surface area contributed by atoms with Crippen LogP contribution in [0.3, 0.4) is 0 Å². The fourth-order valence-electron chi connectivity index (χ4n) is 3.62. The van der Waals surface area contributed by atoms with Gasteiger partial charge in [0.25, 0.3) is 10.8 Å². The van der Waals surface area contributed by atoms with Gasteiger partial charge in [-0.2, -0.15) is 4.39 Å². The molecular weight excluding hydrogens is 449 g/mol. The molecule has 0 spiro atoms. The summed E-state index contributed by atoms with van der Waals surface area (Å²) in [6, 6.07) is 26.6. The lowest BCUT2D eigenvalue weighted by Crippen LogP contribution is -2.11. The number of phenols is 1. The van der Waals surface area contributed by atoms with E-state index in [1.165, 1.54) is 17.7 Å². The molecule has 0 saturated heterocycles. The molecule has 0 aliphatic heterocycles. The van der Waals surface area contributed by atoms with Crippen LogP contribution in [0.2, 0.25) is 0 Å². The summed E-state index contributed by atoms with van der Waals surface area (Å²) < 4.78 is 21.9. The fraction of sp³-hybridized carbons (Fsp3) is 0.0714. The molecule has 0 aliphatic rings. The standard InChI is InChI=1S/C28H20FNO3S/c1-30(18-34)27-25(28(32)33-17-19-5-3-2-4-6-19)15-23(16-26(27)29)22-9-7-20(8-10-22)21-11-13-24(31)14-12-21/h2-16H,17H2,1H3/p+1. The lowest BCUT2D eigenvalue weighted by molar-refractivity contribution is -0.398. The van der Waals surface area contributed by atoms with E-state index in [4.69, 9.17) is 17.0 Å². The number of benzene rings is 4. The Labute approximate surface area is 202 Å². The molecular formula is C28H21FNO3S+. The Morgan fingerprint density at radius 3 is 2.06 bits per heavy atom. The van der Waals surface area contributed by atoms with Crippen LogP contribution >= 0.6 is 12.2 Å². The first-order valence-electron chi connectivity index (χ1n) is 10.5. The van der Waals surface area contributed by atoms with Gasteiger partial charge in [-0.3, -0.25) is 0 Å². The van der Waals surface area contributed by atoms with Crippen molar-refractivity contribution in [1.82, 2.24) is 0 Å². The van der Waals surface area contributed by atoms with Crippen LogP contribution < -0.4 is 0 Å². The molecule has 0 heterocycles. The molecule has 0 amide bonds. The van der Waals surface area contributed by atoms with Gasteiger partial charge in [0.1, 0.15) is 25.0 Å². The number of thiocarbonyl (C=S) groups is 1. The van der Waals surface area contributed by atoms with Gasteiger partial charge in [0, 0.05) is 12.2 Å². The Kier molecular flexibility index (Phi) is 6.93. The van der Waals surface area contributed by atoms with Gasteiger partial charge in [-0.25, -0.2) is 4.79 Å². The van der Waals surface area contributed by atoms with E-state index in [2.05, 4.69) is 5.16 Å². The third kappa shape index (κ3) is 5.09. The third-order valence-electron chi connectivity index (χ3n) is 5.39. The van der Waals surface area contributed by atoms with Crippen molar-refractivity contribution in [3.63, 3.8) is 0 Å². The van der Waals surface area contributed by atoms with Crippen molar-refractivity contribution in [2.24, 2.45) is 0 Å². The zero-order valence-corrected chi connectivity index (χ0v) is 19.2. The topological polar surface area (TPSA) is 49.5 Å². The molecule has 0 fully saturated rings.